The number of aromatic nitrogens is 2. The van der Waals surface area contributed by atoms with Gasteiger partial charge in [-0.1, -0.05) is 12.1 Å². The number of aryl methyl sites for hydroxylation is 1. The molecular weight excluding hydrogens is 351 g/mol. The van der Waals surface area contributed by atoms with E-state index in [4.69, 9.17) is 0 Å². The number of halogens is 1. The fourth-order valence-corrected chi connectivity index (χ4v) is 2.60. The molecule has 0 amide bonds. The number of rotatable bonds is 2. The number of benzene rings is 2. The van der Waals surface area contributed by atoms with Gasteiger partial charge in [0.05, 0.1) is 14.6 Å². The van der Waals surface area contributed by atoms with Gasteiger partial charge in [-0.2, -0.15) is 0 Å². The van der Waals surface area contributed by atoms with Crippen molar-refractivity contribution in [3.63, 3.8) is 0 Å². The minimum absolute atomic E-state index is 0.299. The molecule has 19 heavy (non-hydrogen) atoms. The third kappa shape index (κ3) is 2.10. The Morgan fingerprint density at radius 2 is 2.00 bits per heavy atom. The van der Waals surface area contributed by atoms with Crippen molar-refractivity contribution in [2.45, 2.75) is 13.5 Å². The number of imidazole rings is 1. The molecule has 0 saturated heterocycles. The van der Waals surface area contributed by atoms with Crippen LogP contribution in [0.2, 0.25) is 0 Å². The summed E-state index contributed by atoms with van der Waals surface area (Å²) in [6, 6.07) is 13.8. The van der Waals surface area contributed by atoms with Crippen molar-refractivity contribution in [3.05, 3.63) is 46.0 Å². The van der Waals surface area contributed by atoms with E-state index in [1.54, 1.807) is 6.07 Å². The summed E-state index contributed by atoms with van der Waals surface area (Å²) in [4.78, 5) is 4.67. The molecule has 2 aromatic carbocycles. The Hall–Kier alpha value is -1.56. The molecule has 1 aromatic heterocycles. The highest BCUT2D eigenvalue weighted by atomic mass is 127. The molecule has 96 valence electrons. The number of aromatic hydroxyl groups is 1. The molecule has 0 aliphatic heterocycles. The lowest BCUT2D eigenvalue weighted by molar-refractivity contribution is 0.471. The van der Waals surface area contributed by atoms with Crippen LogP contribution in [-0.2, 0) is 6.54 Å². The van der Waals surface area contributed by atoms with Crippen molar-refractivity contribution in [2.75, 3.05) is 0 Å². The van der Waals surface area contributed by atoms with Gasteiger partial charge in [0.15, 0.2) is 0 Å². The quantitative estimate of drug-likeness (QED) is 0.698. The van der Waals surface area contributed by atoms with Crippen LogP contribution in [0.5, 0.6) is 5.75 Å². The summed E-state index contributed by atoms with van der Waals surface area (Å²) in [5.41, 5.74) is 3.05. The predicted molar refractivity (Wildman–Crippen MR) is 85.2 cm³/mol. The fraction of sp³-hybridized carbons (Fsp3) is 0.133. The third-order valence-corrected chi connectivity index (χ3v) is 4.09. The molecule has 3 rings (SSSR count). The highest BCUT2D eigenvalue weighted by Gasteiger charge is 2.12. The number of hydrogen-bond donors (Lipinski definition) is 1. The average Bonchev–Trinajstić information content (AvgIpc) is 2.80. The number of phenolic OH excluding ortho intramolecular Hbond substituents is 1. The molecule has 0 bridgehead atoms. The van der Waals surface area contributed by atoms with Crippen LogP contribution in [0.3, 0.4) is 0 Å². The molecule has 3 aromatic rings. The first-order valence-electron chi connectivity index (χ1n) is 6.15. The smallest absolute Gasteiger partial charge is 0.141 e. The van der Waals surface area contributed by atoms with Crippen LogP contribution in [0.15, 0.2) is 42.5 Å². The van der Waals surface area contributed by atoms with Crippen molar-refractivity contribution < 1.29 is 5.11 Å². The minimum atomic E-state index is 0.299. The molecule has 0 spiro atoms. The van der Waals surface area contributed by atoms with Gasteiger partial charge in [0.25, 0.3) is 0 Å². The first kappa shape index (κ1) is 12.5. The van der Waals surface area contributed by atoms with Crippen molar-refractivity contribution in [1.82, 2.24) is 9.55 Å². The van der Waals surface area contributed by atoms with Gasteiger partial charge in [0.1, 0.15) is 11.6 Å². The van der Waals surface area contributed by atoms with E-state index in [0.717, 1.165) is 32.5 Å². The van der Waals surface area contributed by atoms with Crippen molar-refractivity contribution in [2.24, 2.45) is 0 Å². The van der Waals surface area contributed by atoms with Crippen molar-refractivity contribution >= 4 is 33.6 Å². The molecule has 0 fully saturated rings. The van der Waals surface area contributed by atoms with E-state index >= 15 is 0 Å². The molecule has 0 saturated carbocycles. The van der Waals surface area contributed by atoms with E-state index in [1.807, 2.05) is 30.3 Å². The maximum absolute atomic E-state index is 9.86. The maximum atomic E-state index is 9.86. The standard InChI is InChI=1S/C15H13IN2O/c1-2-18-13-6-4-3-5-12(13)17-15(18)10-7-8-11(16)14(19)9-10/h3-9,19H,2H2,1H3. The summed E-state index contributed by atoms with van der Waals surface area (Å²) in [6.45, 7) is 2.95. The van der Waals surface area contributed by atoms with Crippen molar-refractivity contribution in [1.29, 1.82) is 0 Å². The Bertz CT molecular complexity index is 749. The topological polar surface area (TPSA) is 38.0 Å². The van der Waals surface area contributed by atoms with Gasteiger partial charge >= 0.3 is 0 Å². The SMILES string of the molecule is CCn1c(-c2ccc(I)c(O)c2)nc2ccccc21. The molecule has 0 unspecified atom stereocenters. The van der Waals surface area contributed by atoms with Gasteiger partial charge in [0.2, 0.25) is 0 Å². The zero-order chi connectivity index (χ0) is 13.4. The Balaban J connectivity index is 2.26. The van der Waals surface area contributed by atoms with Crippen LogP contribution < -0.4 is 0 Å². The lowest BCUT2D eigenvalue weighted by Crippen LogP contribution is -1.97. The summed E-state index contributed by atoms with van der Waals surface area (Å²) >= 11 is 2.12. The molecule has 3 nitrogen and oxygen atoms in total. The molecule has 0 radical (unpaired) electrons. The van der Waals surface area contributed by atoms with E-state index in [-0.39, 0.29) is 0 Å². The molecular formula is C15H13IN2O. The van der Waals surface area contributed by atoms with Gasteiger partial charge in [-0.25, -0.2) is 4.98 Å². The normalized spacial score (nSPS) is 11.1. The van der Waals surface area contributed by atoms with E-state index in [0.29, 0.717) is 5.75 Å². The van der Waals surface area contributed by atoms with Gasteiger partial charge in [-0.05, 0) is 59.8 Å². The molecule has 0 aliphatic rings. The van der Waals surface area contributed by atoms with Crippen LogP contribution >= 0.6 is 22.6 Å². The van der Waals surface area contributed by atoms with Crippen LogP contribution in [0.4, 0.5) is 0 Å². The summed E-state index contributed by atoms with van der Waals surface area (Å²) in [5.74, 6) is 1.20. The van der Waals surface area contributed by atoms with Gasteiger partial charge in [0, 0.05) is 12.1 Å². The number of fused-ring (bicyclic) bond motifs is 1. The lowest BCUT2D eigenvalue weighted by Gasteiger charge is -2.07. The van der Waals surface area contributed by atoms with Gasteiger partial charge < -0.3 is 9.67 Å². The Labute approximate surface area is 125 Å². The Morgan fingerprint density at radius 3 is 2.74 bits per heavy atom. The lowest BCUT2D eigenvalue weighted by atomic mass is 10.2. The molecule has 0 atom stereocenters. The number of hydrogen-bond acceptors (Lipinski definition) is 2. The average molecular weight is 364 g/mol. The van der Waals surface area contributed by atoms with Crippen LogP contribution in [-0.4, -0.2) is 14.7 Å². The highest BCUT2D eigenvalue weighted by Crippen LogP contribution is 2.29. The number of phenols is 1. The van der Waals surface area contributed by atoms with E-state index < -0.39 is 0 Å². The van der Waals surface area contributed by atoms with Crippen LogP contribution in [0, 0.1) is 3.57 Å². The summed E-state index contributed by atoms with van der Waals surface area (Å²) < 4.78 is 3.01. The Morgan fingerprint density at radius 1 is 1.21 bits per heavy atom. The first-order valence-corrected chi connectivity index (χ1v) is 7.22. The molecule has 0 aliphatic carbocycles. The second-order valence-corrected chi connectivity index (χ2v) is 5.50. The number of nitrogens with zero attached hydrogens (tertiary/aromatic N) is 2. The van der Waals surface area contributed by atoms with E-state index in [1.165, 1.54) is 0 Å². The maximum Gasteiger partial charge on any atom is 0.141 e. The van der Waals surface area contributed by atoms with Crippen LogP contribution in [0.1, 0.15) is 6.92 Å². The Kier molecular flexibility index (Phi) is 3.18. The minimum Gasteiger partial charge on any atom is -0.507 e. The van der Waals surface area contributed by atoms with E-state index in [9.17, 15) is 5.11 Å². The molecule has 4 heteroatoms. The highest BCUT2D eigenvalue weighted by molar-refractivity contribution is 14.1. The second-order valence-electron chi connectivity index (χ2n) is 4.33. The third-order valence-electron chi connectivity index (χ3n) is 3.18. The van der Waals surface area contributed by atoms with Crippen LogP contribution in [0.25, 0.3) is 22.4 Å². The van der Waals surface area contributed by atoms with Crippen molar-refractivity contribution in [3.8, 4) is 17.1 Å². The fourth-order valence-electron chi connectivity index (χ4n) is 2.27. The predicted octanol–water partition coefficient (Wildman–Crippen LogP) is 4.03. The summed E-state index contributed by atoms with van der Waals surface area (Å²) in [5, 5.41) is 9.86. The van der Waals surface area contributed by atoms with Gasteiger partial charge in [-0.15, -0.1) is 0 Å². The van der Waals surface area contributed by atoms with Gasteiger partial charge in [-0.3, -0.25) is 0 Å². The largest absolute Gasteiger partial charge is 0.507 e. The summed E-state index contributed by atoms with van der Waals surface area (Å²) in [6.07, 6.45) is 0. The zero-order valence-corrected chi connectivity index (χ0v) is 12.6. The molecule has 1 N–H and O–H groups in total. The monoisotopic (exact) mass is 364 g/mol. The summed E-state index contributed by atoms with van der Waals surface area (Å²) in [7, 11) is 0. The first-order chi connectivity index (χ1) is 9.20. The van der Waals surface area contributed by atoms with E-state index in [2.05, 4.69) is 45.1 Å². The zero-order valence-electron chi connectivity index (χ0n) is 10.5. The second kappa shape index (κ2) is 4.85. The number of para-hydroxylation sites is 2. The molecule has 1 heterocycles.